The van der Waals surface area contributed by atoms with Gasteiger partial charge in [-0.3, -0.25) is 38.6 Å². The first-order valence-electron chi connectivity index (χ1n) is 24.8. The summed E-state index contributed by atoms with van der Waals surface area (Å²) in [5.41, 5.74) is -6.27. The van der Waals surface area contributed by atoms with E-state index in [0.717, 1.165) is 14.8 Å². The number of ketones is 2. The molecule has 5 heterocycles. The first kappa shape index (κ1) is 71.0. The summed E-state index contributed by atoms with van der Waals surface area (Å²) in [6.45, 7) is 8.75. The van der Waals surface area contributed by atoms with Gasteiger partial charge in [-0.25, -0.2) is 15.2 Å². The van der Waals surface area contributed by atoms with Gasteiger partial charge in [0.2, 0.25) is 17.4 Å². The Hall–Kier alpha value is -4.28. The Morgan fingerprint density at radius 3 is 1.57 bits per heavy atom. The van der Waals surface area contributed by atoms with E-state index in [1.165, 1.54) is 49.8 Å². The SMILES string of the molecule is C.CC(C)OC(=O)[C@H](C)NP(=S)(Oc1ccccc1)Sc1ccccn1.CC(C)OC(=O)[C@H](C)N[P@](=S)(OC[C@H]1O[C@@H](N2C=CC(=O)CC2=O)[C@](C)(O)[C@@H]1O)Oc1ccccc1.C[C@@]1(O)[C@H](O)[C@@H](CO)O[C@H]1N1C=CC(=O)CC1=O.[V]. The first-order valence-corrected chi connectivity index (χ1v) is 31.5. The van der Waals surface area contributed by atoms with Crippen LogP contribution < -0.4 is 19.2 Å². The molecule has 2 saturated heterocycles. The Morgan fingerprint density at radius 2 is 1.15 bits per heavy atom. The topological polar surface area (TPSA) is 312 Å². The smallest absolute Gasteiger partial charge is 0.323 e. The van der Waals surface area contributed by atoms with Gasteiger partial charge in [0.25, 0.3) is 0 Å². The second kappa shape index (κ2) is 31.6. The van der Waals surface area contributed by atoms with Gasteiger partial charge >= 0.3 is 18.6 Å². The number of pyridine rings is 1. The number of aliphatic hydroxyl groups is 5. The van der Waals surface area contributed by atoms with Crippen LogP contribution in [-0.4, -0.2) is 161 Å². The largest absolute Gasteiger partial charge is 0.462 e. The normalized spacial score (nSPS) is 26.3. The second-order valence-electron chi connectivity index (χ2n) is 19.1. The number of ether oxygens (including phenoxy) is 4. The molecule has 2 amide bonds. The van der Waals surface area contributed by atoms with E-state index in [1.807, 2.05) is 62.4 Å². The zero-order valence-corrected chi connectivity index (χ0v) is 50.6. The van der Waals surface area contributed by atoms with Gasteiger partial charge < -0.3 is 58.1 Å². The monoisotopic (exact) mass is 1260 g/mol. The van der Waals surface area contributed by atoms with E-state index in [2.05, 4.69) is 15.2 Å². The van der Waals surface area contributed by atoms with Crippen molar-refractivity contribution in [2.45, 2.75) is 153 Å². The minimum atomic E-state index is -3.42. The van der Waals surface area contributed by atoms with E-state index in [4.69, 9.17) is 61.2 Å². The van der Waals surface area contributed by atoms with Crippen molar-refractivity contribution in [2.75, 3.05) is 13.2 Å². The van der Waals surface area contributed by atoms with Crippen LogP contribution in [0.25, 0.3) is 0 Å². The molecule has 2 fully saturated rings. The number of nitrogens with one attached hydrogen (secondary N) is 2. The molecule has 3 aromatic rings. The maximum atomic E-state index is 12.4. The molecule has 29 heteroatoms. The Labute approximate surface area is 497 Å². The number of nitrogens with zero attached hydrogens (tertiary/aromatic N) is 3. The number of hydrogen-bond donors (Lipinski definition) is 7. The maximum absolute atomic E-state index is 12.4. The van der Waals surface area contributed by atoms with Crippen molar-refractivity contribution in [3.05, 3.63) is 110 Å². The summed E-state index contributed by atoms with van der Waals surface area (Å²) >= 11 is 12.7. The number of aliphatic hydroxyl groups excluding tert-OH is 3. The quantitative estimate of drug-likeness (QED) is 0.0463. The molecular weight excluding hydrogens is 1190 g/mol. The van der Waals surface area contributed by atoms with Gasteiger partial charge in [0.15, 0.2) is 24.0 Å². The average molecular weight is 1260 g/mol. The predicted octanol–water partition coefficient (Wildman–Crippen LogP) is 4.56. The molecule has 1 unspecified atom stereocenters. The summed E-state index contributed by atoms with van der Waals surface area (Å²) in [5.74, 6) is -1.66. The standard InChI is InChI=1S/C23H31N2O9PS.C17H21N2O3PS2.C11H15NO6.CH4.V/c1-14(2)32-21(29)15(3)24-35(36,34-17-8-6-5-7-9-17)31-13-18-20(28)23(4,30)22(33-18)25-11-10-16(26)12-19(25)27;1-13(2)21-17(20)14(3)19-23(24,22-15-9-5-4-6-10-15)25-16-11-7-8-12-18-16;1-11(17)9(16)7(5-13)18-10(11)12-3-2-6(14)4-8(12)15;;/h5-11,14-15,18,20,22,28,30H,12-13H2,1-4H3,(H,24,36);4-14H,1-3H3,(H,19,24);2-3,7,9-10,13,16-17H,4-5H2,1H3;1H4;/t15-,18+,20+,22+,23+,35-;14-,23?;7-,9-,10-,11-;;/m001../s1. The van der Waals surface area contributed by atoms with E-state index in [9.17, 15) is 49.2 Å². The number of carbonyl (C=O) groups is 6. The number of hydrogen-bond acceptors (Lipinski definition) is 22. The van der Waals surface area contributed by atoms with Gasteiger partial charge in [0, 0.05) is 37.2 Å². The van der Waals surface area contributed by atoms with Crippen molar-refractivity contribution in [3.63, 3.8) is 0 Å². The van der Waals surface area contributed by atoms with Crippen LogP contribution in [0.3, 0.4) is 0 Å². The summed E-state index contributed by atoms with van der Waals surface area (Å²) in [7, 11) is 0. The van der Waals surface area contributed by atoms with Crippen molar-refractivity contribution >= 4 is 82.6 Å². The molecule has 1 radical (unpaired) electrons. The molecule has 7 rings (SSSR count). The molecule has 23 nitrogen and oxygen atoms in total. The number of aromatic nitrogens is 1. The van der Waals surface area contributed by atoms with Crippen molar-refractivity contribution in [1.29, 1.82) is 0 Å². The van der Waals surface area contributed by atoms with E-state index < -0.39 is 96.8 Å². The van der Waals surface area contributed by atoms with Gasteiger partial charge in [-0.1, -0.05) is 49.9 Å². The van der Waals surface area contributed by atoms with Crippen LogP contribution in [0.4, 0.5) is 0 Å². The fourth-order valence-corrected chi connectivity index (χ4v) is 15.1. The molecule has 0 saturated carbocycles. The zero-order chi connectivity index (χ0) is 58.5. The average Bonchev–Trinajstić information content (AvgIpc) is 3.74. The number of amides is 2. The van der Waals surface area contributed by atoms with Crippen molar-refractivity contribution < 1.29 is 105 Å². The van der Waals surface area contributed by atoms with E-state index in [1.54, 1.807) is 64.2 Å². The van der Waals surface area contributed by atoms with Gasteiger partial charge in [-0.2, -0.15) is 0 Å². The maximum Gasteiger partial charge on any atom is 0.323 e. The molecular formula is C52H71N5O18P2S3V. The molecule has 4 aliphatic rings. The van der Waals surface area contributed by atoms with Crippen LogP contribution in [0.5, 0.6) is 11.5 Å². The Balaban J connectivity index is 0.000000334. The van der Waals surface area contributed by atoms with Gasteiger partial charge in [-0.15, -0.1) is 0 Å². The van der Waals surface area contributed by atoms with Crippen LogP contribution in [0.1, 0.15) is 75.7 Å². The number of carbonyl (C=O) groups excluding carboxylic acids is 6. The van der Waals surface area contributed by atoms with E-state index in [0.29, 0.717) is 11.5 Å². The molecule has 0 aliphatic carbocycles. The van der Waals surface area contributed by atoms with Crippen molar-refractivity contribution in [2.24, 2.45) is 0 Å². The minimum absolute atomic E-state index is 0. The second-order valence-corrected chi connectivity index (χ2v) is 28.6. The van der Waals surface area contributed by atoms with Gasteiger partial charge in [0.05, 0.1) is 38.3 Å². The van der Waals surface area contributed by atoms with Crippen LogP contribution in [-0.2, 0) is 94.4 Å². The Morgan fingerprint density at radius 1 is 0.716 bits per heavy atom. The fraction of sp³-hybridized carbons (Fsp3) is 0.481. The van der Waals surface area contributed by atoms with Crippen LogP contribution in [0, 0.1) is 0 Å². The molecule has 0 spiro atoms. The first-order chi connectivity index (χ1) is 37.1. The molecule has 445 valence electrons. The molecule has 4 aliphatic heterocycles. The van der Waals surface area contributed by atoms with Crippen LogP contribution in [0.15, 0.2) is 115 Å². The molecule has 7 N–H and O–H groups in total. The summed E-state index contributed by atoms with van der Waals surface area (Å²) in [6, 6.07) is 22.0. The number of allylic oxidation sites excluding steroid dienone is 2. The van der Waals surface area contributed by atoms with E-state index in [-0.39, 0.29) is 75.2 Å². The zero-order valence-electron chi connectivity index (χ0n) is 44.9. The number of esters is 2. The summed E-state index contributed by atoms with van der Waals surface area (Å²) in [5, 5.41) is 57.4. The third-order valence-electron chi connectivity index (χ3n) is 11.6. The van der Waals surface area contributed by atoms with E-state index >= 15 is 0 Å². The summed E-state index contributed by atoms with van der Waals surface area (Å²) in [4.78, 5) is 77.5. The van der Waals surface area contributed by atoms with Crippen molar-refractivity contribution in [3.8, 4) is 11.5 Å². The number of benzene rings is 2. The Bertz CT molecular complexity index is 2710. The molecule has 81 heavy (non-hydrogen) atoms. The number of para-hydroxylation sites is 2. The van der Waals surface area contributed by atoms with Crippen LogP contribution >= 0.6 is 23.6 Å². The predicted molar refractivity (Wildman–Crippen MR) is 302 cm³/mol. The van der Waals surface area contributed by atoms with Gasteiger partial charge in [0.1, 0.15) is 64.2 Å². The summed E-state index contributed by atoms with van der Waals surface area (Å²) in [6.07, 6.45) is -1.89. The minimum Gasteiger partial charge on any atom is -0.462 e. The molecule has 12 atom stereocenters. The third-order valence-corrected chi connectivity index (χ3v) is 18.9. The summed E-state index contributed by atoms with van der Waals surface area (Å²) < 4.78 is 39.4. The van der Waals surface area contributed by atoms with Gasteiger partial charge in [-0.05, 0) is 139 Å². The Kier molecular flexibility index (Phi) is 27.7. The third kappa shape index (κ3) is 20.2. The molecule has 0 bridgehead atoms. The van der Waals surface area contributed by atoms with Crippen molar-refractivity contribution in [1.82, 2.24) is 25.0 Å². The van der Waals surface area contributed by atoms with Crippen LogP contribution in [0.2, 0.25) is 0 Å². The molecule has 1 aromatic heterocycles. The fourth-order valence-electron chi connectivity index (χ4n) is 7.62. The number of rotatable bonds is 20. The molecule has 2 aromatic carbocycles.